The van der Waals surface area contributed by atoms with Crippen LogP contribution in [0.15, 0.2) is 18.2 Å². The van der Waals surface area contributed by atoms with Gasteiger partial charge in [0.1, 0.15) is 12.4 Å². The average Bonchev–Trinajstić information content (AvgIpc) is 2.77. The van der Waals surface area contributed by atoms with Gasteiger partial charge < -0.3 is 9.84 Å². The molecule has 0 radical (unpaired) electrons. The van der Waals surface area contributed by atoms with Crippen LogP contribution in [-0.2, 0) is 6.61 Å². The van der Waals surface area contributed by atoms with Crippen molar-refractivity contribution in [3.05, 3.63) is 29.6 Å². The molecule has 0 aliphatic carbocycles. The summed E-state index contributed by atoms with van der Waals surface area (Å²) in [5.74, 6) is 1.11. The normalized spacial score (nSPS) is 10.4. The van der Waals surface area contributed by atoms with E-state index in [0.29, 0.717) is 5.82 Å². The van der Waals surface area contributed by atoms with Crippen LogP contribution in [0.3, 0.4) is 0 Å². The number of benzene rings is 1. The fourth-order valence-corrected chi connectivity index (χ4v) is 1.40. The van der Waals surface area contributed by atoms with E-state index in [4.69, 9.17) is 9.84 Å². The number of aromatic nitrogens is 4. The molecule has 6 heteroatoms. The first kappa shape index (κ1) is 10.6. The zero-order chi connectivity index (χ0) is 11.5. The van der Waals surface area contributed by atoms with Crippen LogP contribution in [0.5, 0.6) is 5.75 Å². The highest BCUT2D eigenvalue weighted by Crippen LogP contribution is 2.19. The third-order valence-corrected chi connectivity index (χ3v) is 2.21. The van der Waals surface area contributed by atoms with E-state index in [1.165, 1.54) is 4.80 Å². The molecule has 0 spiro atoms. The Morgan fingerprint density at radius 2 is 2.25 bits per heavy atom. The molecule has 2 aromatic rings. The summed E-state index contributed by atoms with van der Waals surface area (Å²) >= 11 is 0. The second-order valence-electron chi connectivity index (χ2n) is 3.31. The van der Waals surface area contributed by atoms with E-state index in [1.54, 1.807) is 7.11 Å². The van der Waals surface area contributed by atoms with Gasteiger partial charge in [0.05, 0.1) is 12.8 Å². The molecule has 0 aliphatic rings. The summed E-state index contributed by atoms with van der Waals surface area (Å²) in [4.78, 5) is 1.37. The molecule has 0 bridgehead atoms. The van der Waals surface area contributed by atoms with Crippen molar-refractivity contribution in [3.63, 3.8) is 0 Å². The van der Waals surface area contributed by atoms with Crippen LogP contribution in [0.25, 0.3) is 5.69 Å². The summed E-state index contributed by atoms with van der Waals surface area (Å²) < 4.78 is 5.16. The molecule has 0 saturated carbocycles. The van der Waals surface area contributed by atoms with Gasteiger partial charge in [-0.05, 0) is 35.9 Å². The molecule has 2 rings (SSSR count). The molecule has 84 valence electrons. The standard InChI is InChI=1S/C10H12N4O2/c1-7-5-8(3-4-9(7)16-2)14-12-10(6-15)11-13-14/h3-5,15H,6H2,1-2H3. The van der Waals surface area contributed by atoms with E-state index < -0.39 is 0 Å². The van der Waals surface area contributed by atoms with Gasteiger partial charge in [-0.15, -0.1) is 15.0 Å². The van der Waals surface area contributed by atoms with Crippen LogP contribution in [0.2, 0.25) is 0 Å². The van der Waals surface area contributed by atoms with Crippen LogP contribution in [0.4, 0.5) is 0 Å². The van der Waals surface area contributed by atoms with Gasteiger partial charge in [-0.3, -0.25) is 0 Å². The number of hydrogen-bond donors (Lipinski definition) is 1. The van der Waals surface area contributed by atoms with Crippen LogP contribution in [-0.4, -0.2) is 32.4 Å². The summed E-state index contributed by atoms with van der Waals surface area (Å²) in [5, 5.41) is 20.3. The van der Waals surface area contributed by atoms with Gasteiger partial charge >= 0.3 is 0 Å². The predicted molar refractivity (Wildman–Crippen MR) is 56.4 cm³/mol. The first-order valence-electron chi connectivity index (χ1n) is 4.79. The number of tetrazole rings is 1. The van der Waals surface area contributed by atoms with Crippen LogP contribution in [0, 0.1) is 6.92 Å². The molecule has 1 aromatic carbocycles. The minimum Gasteiger partial charge on any atom is -0.496 e. The second kappa shape index (κ2) is 4.28. The highest BCUT2D eigenvalue weighted by atomic mass is 16.5. The SMILES string of the molecule is COc1ccc(-n2nnc(CO)n2)cc1C. The first-order valence-corrected chi connectivity index (χ1v) is 4.79. The van der Waals surface area contributed by atoms with Gasteiger partial charge in [-0.1, -0.05) is 0 Å². The quantitative estimate of drug-likeness (QED) is 0.814. The Labute approximate surface area is 92.5 Å². The van der Waals surface area contributed by atoms with E-state index in [2.05, 4.69) is 15.4 Å². The lowest BCUT2D eigenvalue weighted by molar-refractivity contribution is 0.271. The van der Waals surface area contributed by atoms with E-state index >= 15 is 0 Å². The Balaban J connectivity index is 2.37. The van der Waals surface area contributed by atoms with Crippen molar-refractivity contribution in [1.82, 2.24) is 20.2 Å². The molecule has 0 aliphatic heterocycles. The fraction of sp³-hybridized carbons (Fsp3) is 0.300. The fourth-order valence-electron chi connectivity index (χ4n) is 1.40. The zero-order valence-corrected chi connectivity index (χ0v) is 9.08. The molecule has 1 N–H and O–H groups in total. The smallest absolute Gasteiger partial charge is 0.200 e. The maximum Gasteiger partial charge on any atom is 0.200 e. The molecule has 1 aromatic heterocycles. The third-order valence-electron chi connectivity index (χ3n) is 2.21. The van der Waals surface area contributed by atoms with Crippen LogP contribution >= 0.6 is 0 Å². The largest absolute Gasteiger partial charge is 0.496 e. The lowest BCUT2D eigenvalue weighted by atomic mass is 10.2. The highest BCUT2D eigenvalue weighted by molar-refractivity contribution is 5.42. The number of nitrogens with zero attached hydrogens (tertiary/aromatic N) is 4. The maximum absolute atomic E-state index is 8.84. The van der Waals surface area contributed by atoms with E-state index in [0.717, 1.165) is 17.0 Å². The summed E-state index contributed by atoms with van der Waals surface area (Å²) in [6.07, 6.45) is 0. The van der Waals surface area contributed by atoms with Crippen LogP contribution < -0.4 is 4.74 Å². The Morgan fingerprint density at radius 3 is 2.81 bits per heavy atom. The lowest BCUT2D eigenvalue weighted by Gasteiger charge is -2.05. The summed E-state index contributed by atoms with van der Waals surface area (Å²) in [5.41, 5.74) is 1.77. The molecule has 0 saturated heterocycles. The third kappa shape index (κ3) is 1.87. The Bertz CT molecular complexity index is 495. The number of rotatable bonds is 3. The molecule has 0 amide bonds. The molecule has 16 heavy (non-hydrogen) atoms. The molecule has 6 nitrogen and oxygen atoms in total. The highest BCUT2D eigenvalue weighted by Gasteiger charge is 2.05. The predicted octanol–water partition coefficient (Wildman–Crippen LogP) is 0.472. The minimum atomic E-state index is -0.213. The van der Waals surface area contributed by atoms with Crippen molar-refractivity contribution in [3.8, 4) is 11.4 Å². The van der Waals surface area contributed by atoms with Crippen molar-refractivity contribution in [1.29, 1.82) is 0 Å². The number of aryl methyl sites for hydroxylation is 1. The van der Waals surface area contributed by atoms with Gasteiger partial charge in [0.2, 0.25) is 5.82 Å². The summed E-state index contributed by atoms with van der Waals surface area (Å²) in [6, 6.07) is 5.56. The molecule has 0 atom stereocenters. The number of ether oxygens (including phenoxy) is 1. The monoisotopic (exact) mass is 220 g/mol. The number of hydrogen-bond acceptors (Lipinski definition) is 5. The van der Waals surface area contributed by atoms with Gasteiger partial charge in [0.25, 0.3) is 0 Å². The Hall–Kier alpha value is -1.95. The molecule has 0 fully saturated rings. The van der Waals surface area contributed by atoms with Crippen molar-refractivity contribution < 1.29 is 9.84 Å². The van der Waals surface area contributed by atoms with Crippen molar-refractivity contribution in [2.45, 2.75) is 13.5 Å². The molecule has 0 unspecified atom stereocenters. The van der Waals surface area contributed by atoms with Gasteiger partial charge in [0.15, 0.2) is 0 Å². The summed E-state index contributed by atoms with van der Waals surface area (Å²) in [7, 11) is 1.62. The molecular formula is C10H12N4O2. The average molecular weight is 220 g/mol. The Morgan fingerprint density at radius 1 is 1.44 bits per heavy atom. The minimum absolute atomic E-state index is 0.213. The number of methoxy groups -OCH3 is 1. The first-order chi connectivity index (χ1) is 7.74. The number of aliphatic hydroxyl groups is 1. The molecular weight excluding hydrogens is 208 g/mol. The van der Waals surface area contributed by atoms with Gasteiger partial charge in [-0.25, -0.2) is 0 Å². The van der Waals surface area contributed by atoms with E-state index in [-0.39, 0.29) is 6.61 Å². The van der Waals surface area contributed by atoms with E-state index in [9.17, 15) is 0 Å². The van der Waals surface area contributed by atoms with Gasteiger partial charge in [-0.2, -0.15) is 0 Å². The topological polar surface area (TPSA) is 73.1 Å². The van der Waals surface area contributed by atoms with Crippen LogP contribution in [0.1, 0.15) is 11.4 Å². The van der Waals surface area contributed by atoms with Crippen molar-refractivity contribution in [2.24, 2.45) is 0 Å². The van der Waals surface area contributed by atoms with Gasteiger partial charge in [0, 0.05) is 0 Å². The lowest BCUT2D eigenvalue weighted by Crippen LogP contribution is -2.00. The zero-order valence-electron chi connectivity index (χ0n) is 9.08. The number of aliphatic hydroxyl groups excluding tert-OH is 1. The Kier molecular flexibility index (Phi) is 2.82. The molecule has 1 heterocycles. The van der Waals surface area contributed by atoms with Crippen molar-refractivity contribution >= 4 is 0 Å². The maximum atomic E-state index is 8.84. The summed E-state index contributed by atoms with van der Waals surface area (Å²) in [6.45, 7) is 1.72. The van der Waals surface area contributed by atoms with Crippen molar-refractivity contribution in [2.75, 3.05) is 7.11 Å². The second-order valence-corrected chi connectivity index (χ2v) is 3.31. The van der Waals surface area contributed by atoms with E-state index in [1.807, 2.05) is 25.1 Å².